The van der Waals surface area contributed by atoms with Crippen LogP contribution in [0.25, 0.3) is 0 Å². The summed E-state index contributed by atoms with van der Waals surface area (Å²) in [4.78, 5) is 23.7. The second-order valence-corrected chi connectivity index (χ2v) is 8.84. The summed E-state index contributed by atoms with van der Waals surface area (Å²) in [5.74, 6) is 1.73. The molecule has 0 heterocycles. The van der Waals surface area contributed by atoms with Crippen LogP contribution in [0.15, 0.2) is 91.0 Å². The Labute approximate surface area is 194 Å². The highest BCUT2D eigenvalue weighted by Crippen LogP contribution is 2.36. The molecule has 166 valence electrons. The minimum atomic E-state index is -0.655. The third kappa shape index (κ3) is 6.31. The van der Waals surface area contributed by atoms with Gasteiger partial charge in [-0.3, -0.25) is 14.9 Å². The molecule has 0 aliphatic heterocycles. The first kappa shape index (κ1) is 23.8. The van der Waals surface area contributed by atoms with Crippen molar-refractivity contribution in [3.05, 3.63) is 108 Å². The second-order valence-electron chi connectivity index (χ2n) is 7.62. The average Bonchev–Trinajstić information content (AvgIpc) is 2.83. The summed E-state index contributed by atoms with van der Waals surface area (Å²) in [6.45, 7) is 2.36. The third-order valence-corrected chi connectivity index (χ3v) is 6.29. The molecule has 0 saturated carbocycles. The Balaban J connectivity index is 1.78. The number of hydrogen-bond acceptors (Lipinski definition) is 4. The van der Waals surface area contributed by atoms with Crippen molar-refractivity contribution in [1.82, 2.24) is 10.6 Å². The second kappa shape index (κ2) is 12.2. The molecule has 0 aliphatic rings. The van der Waals surface area contributed by atoms with E-state index in [2.05, 4.69) is 47.0 Å². The summed E-state index contributed by atoms with van der Waals surface area (Å²) in [6.07, 6.45) is 0.577. The number of hydrogen-bond donors (Lipinski definition) is 2. The Hall–Kier alpha value is -2.89. The summed E-state index contributed by atoms with van der Waals surface area (Å²) in [5, 5.41) is 6.58. The van der Waals surface area contributed by atoms with Crippen LogP contribution in [0.5, 0.6) is 0 Å². The molecule has 3 aromatic rings. The molecular formula is C27H30N2O2S. The standard InChI is InChI=1S/C27H30N2O2S/c1-22(30)17-19-32-20-18-28-26(31)21-29-27(23-11-5-2-6-12-23,24-13-7-3-8-14-24)25-15-9-4-10-16-25/h2-16,29H,17-21H2,1H3,(H,28,31). The van der Waals surface area contributed by atoms with Gasteiger partial charge in [0, 0.05) is 24.5 Å². The van der Waals surface area contributed by atoms with E-state index in [1.54, 1.807) is 18.7 Å². The van der Waals surface area contributed by atoms with Crippen LogP contribution in [-0.2, 0) is 15.1 Å². The van der Waals surface area contributed by atoms with Gasteiger partial charge in [-0.2, -0.15) is 11.8 Å². The van der Waals surface area contributed by atoms with Crippen LogP contribution in [0.2, 0.25) is 0 Å². The molecule has 3 aromatic carbocycles. The smallest absolute Gasteiger partial charge is 0.234 e. The lowest BCUT2D eigenvalue weighted by molar-refractivity contribution is -0.120. The molecule has 0 atom stereocenters. The average molecular weight is 447 g/mol. The first-order valence-corrected chi connectivity index (χ1v) is 12.0. The van der Waals surface area contributed by atoms with Crippen LogP contribution < -0.4 is 10.6 Å². The maximum Gasteiger partial charge on any atom is 0.234 e. The molecule has 3 rings (SSSR count). The van der Waals surface area contributed by atoms with E-state index in [0.29, 0.717) is 13.0 Å². The van der Waals surface area contributed by atoms with Gasteiger partial charge in [0.25, 0.3) is 0 Å². The summed E-state index contributed by atoms with van der Waals surface area (Å²) in [7, 11) is 0. The molecule has 0 aromatic heterocycles. The van der Waals surface area contributed by atoms with E-state index < -0.39 is 5.54 Å². The van der Waals surface area contributed by atoms with Gasteiger partial charge in [0.1, 0.15) is 5.78 Å². The monoisotopic (exact) mass is 446 g/mol. The molecule has 0 radical (unpaired) electrons. The highest BCUT2D eigenvalue weighted by molar-refractivity contribution is 7.99. The topological polar surface area (TPSA) is 58.2 Å². The first-order valence-electron chi connectivity index (χ1n) is 10.9. The van der Waals surface area contributed by atoms with Crippen molar-refractivity contribution in [2.45, 2.75) is 18.9 Å². The summed E-state index contributed by atoms with van der Waals surface area (Å²) in [6, 6.07) is 30.7. The van der Waals surface area contributed by atoms with Gasteiger partial charge in [-0.05, 0) is 23.6 Å². The lowest BCUT2D eigenvalue weighted by Gasteiger charge is -2.37. The van der Waals surface area contributed by atoms with Gasteiger partial charge in [-0.25, -0.2) is 0 Å². The Kier molecular flexibility index (Phi) is 9.08. The SMILES string of the molecule is CC(=O)CCSCCNC(=O)CNC(c1ccccc1)(c1ccccc1)c1ccccc1. The first-order chi connectivity index (χ1) is 15.6. The Morgan fingerprint density at radius 3 is 1.66 bits per heavy atom. The van der Waals surface area contributed by atoms with Crippen LogP contribution in [0, 0.1) is 0 Å². The lowest BCUT2D eigenvalue weighted by Crippen LogP contribution is -2.49. The molecule has 0 unspecified atom stereocenters. The van der Waals surface area contributed by atoms with Crippen LogP contribution >= 0.6 is 11.8 Å². The summed E-state index contributed by atoms with van der Waals surface area (Å²) < 4.78 is 0. The minimum absolute atomic E-state index is 0.0515. The van der Waals surface area contributed by atoms with Crippen molar-refractivity contribution in [2.24, 2.45) is 0 Å². The predicted octanol–water partition coefficient (Wildman–Crippen LogP) is 4.40. The van der Waals surface area contributed by atoms with Gasteiger partial charge < -0.3 is 5.32 Å². The van der Waals surface area contributed by atoms with Crippen LogP contribution in [0.3, 0.4) is 0 Å². The van der Waals surface area contributed by atoms with Crippen LogP contribution in [0.4, 0.5) is 0 Å². The number of Topliss-reactive ketones (excluding diaryl/α,β-unsaturated/α-hetero) is 1. The van der Waals surface area contributed by atoms with E-state index in [9.17, 15) is 9.59 Å². The third-order valence-electron chi connectivity index (χ3n) is 5.30. The number of thioether (sulfide) groups is 1. The Morgan fingerprint density at radius 2 is 1.22 bits per heavy atom. The summed E-state index contributed by atoms with van der Waals surface area (Å²) >= 11 is 1.68. The van der Waals surface area contributed by atoms with Crippen LogP contribution in [0.1, 0.15) is 30.0 Å². The molecule has 0 fully saturated rings. The molecule has 0 bridgehead atoms. The predicted molar refractivity (Wildman–Crippen MR) is 133 cm³/mol. The normalized spacial score (nSPS) is 11.2. The minimum Gasteiger partial charge on any atom is -0.354 e. The number of carbonyl (C=O) groups is 2. The number of nitrogens with one attached hydrogen (secondary N) is 2. The van der Waals surface area contributed by atoms with E-state index in [4.69, 9.17) is 0 Å². The van der Waals surface area contributed by atoms with Gasteiger partial charge in [0.2, 0.25) is 5.91 Å². The maximum atomic E-state index is 12.7. The summed E-state index contributed by atoms with van der Waals surface area (Å²) in [5.41, 5.74) is 2.57. The highest BCUT2D eigenvalue weighted by Gasteiger charge is 2.36. The van der Waals surface area contributed by atoms with Gasteiger partial charge >= 0.3 is 0 Å². The molecule has 32 heavy (non-hydrogen) atoms. The maximum absolute atomic E-state index is 12.7. The van der Waals surface area contributed by atoms with Crippen molar-refractivity contribution in [2.75, 3.05) is 24.6 Å². The lowest BCUT2D eigenvalue weighted by atomic mass is 9.77. The number of amides is 1. The van der Waals surface area contributed by atoms with E-state index >= 15 is 0 Å². The van der Waals surface area contributed by atoms with Crippen molar-refractivity contribution in [1.29, 1.82) is 0 Å². The van der Waals surface area contributed by atoms with Gasteiger partial charge in [-0.15, -0.1) is 0 Å². The zero-order valence-corrected chi connectivity index (χ0v) is 19.2. The molecular weight excluding hydrogens is 416 g/mol. The fourth-order valence-corrected chi connectivity index (χ4v) is 4.61. The largest absolute Gasteiger partial charge is 0.354 e. The van der Waals surface area contributed by atoms with Crippen molar-refractivity contribution >= 4 is 23.5 Å². The van der Waals surface area contributed by atoms with E-state index in [0.717, 1.165) is 28.2 Å². The molecule has 0 aliphatic carbocycles. The van der Waals surface area contributed by atoms with Gasteiger partial charge in [0.05, 0.1) is 12.1 Å². The van der Waals surface area contributed by atoms with Crippen molar-refractivity contribution < 1.29 is 9.59 Å². The van der Waals surface area contributed by atoms with Gasteiger partial charge in [-0.1, -0.05) is 91.0 Å². The molecule has 0 saturated heterocycles. The Morgan fingerprint density at radius 1 is 0.750 bits per heavy atom. The number of ketones is 1. The quantitative estimate of drug-likeness (QED) is 0.320. The van der Waals surface area contributed by atoms with Crippen LogP contribution in [-0.4, -0.2) is 36.3 Å². The molecule has 2 N–H and O–H groups in total. The molecule has 1 amide bonds. The fourth-order valence-electron chi connectivity index (χ4n) is 3.73. The molecule has 0 spiro atoms. The number of benzene rings is 3. The van der Waals surface area contributed by atoms with E-state index in [-0.39, 0.29) is 18.2 Å². The van der Waals surface area contributed by atoms with E-state index in [1.807, 2.05) is 54.6 Å². The zero-order chi connectivity index (χ0) is 22.7. The highest BCUT2D eigenvalue weighted by atomic mass is 32.2. The number of carbonyl (C=O) groups excluding carboxylic acids is 2. The Bertz CT molecular complexity index is 882. The van der Waals surface area contributed by atoms with Crippen molar-refractivity contribution in [3.63, 3.8) is 0 Å². The van der Waals surface area contributed by atoms with E-state index in [1.165, 1.54) is 0 Å². The molecule has 5 heteroatoms. The van der Waals surface area contributed by atoms with Crippen molar-refractivity contribution in [3.8, 4) is 0 Å². The number of rotatable bonds is 12. The fraction of sp³-hybridized carbons (Fsp3) is 0.259. The molecule has 4 nitrogen and oxygen atoms in total. The van der Waals surface area contributed by atoms with Gasteiger partial charge in [0.15, 0.2) is 0 Å². The zero-order valence-electron chi connectivity index (χ0n) is 18.4.